The van der Waals surface area contributed by atoms with E-state index in [0.29, 0.717) is 6.10 Å². The zero-order chi connectivity index (χ0) is 7.28. The maximum absolute atomic E-state index is 5.53. The average molecular weight is 126 g/mol. The van der Waals surface area contributed by atoms with E-state index in [1.165, 1.54) is 0 Å². The topological polar surface area (TPSA) is 9.23 Å². The van der Waals surface area contributed by atoms with E-state index in [4.69, 9.17) is 12.6 Å². The van der Waals surface area contributed by atoms with Gasteiger partial charge in [0.25, 0.3) is 0 Å². The van der Waals surface area contributed by atoms with Gasteiger partial charge in [0, 0.05) is 6.00 Å². The summed E-state index contributed by atoms with van der Waals surface area (Å²) in [6.07, 6.45) is 2.23. The fraction of sp³-hybridized carbons (Fsp3) is 1.00. The molecule has 9 heavy (non-hydrogen) atoms. The Labute approximate surface area is 59.2 Å². The van der Waals surface area contributed by atoms with Gasteiger partial charge in [-0.2, -0.15) is 0 Å². The molecule has 0 aromatic rings. The average Bonchev–Trinajstić information content (AvgIpc) is 1.87. The molecular weight excluding hydrogens is 111 g/mol. The molecule has 0 aromatic heterocycles. The fourth-order valence-electron chi connectivity index (χ4n) is 0.491. The van der Waals surface area contributed by atoms with Gasteiger partial charge in [-0.3, -0.25) is 0 Å². The minimum Gasteiger partial charge on any atom is -0.385 e. The van der Waals surface area contributed by atoms with Crippen LogP contribution in [-0.2, 0) is 4.74 Å². The molecule has 0 N–H and O–H groups in total. The van der Waals surface area contributed by atoms with E-state index < -0.39 is 0 Å². The van der Waals surface area contributed by atoms with Crippen molar-refractivity contribution in [3.8, 4) is 0 Å². The Hall–Kier alpha value is 0.0249. The van der Waals surface area contributed by atoms with Gasteiger partial charge in [-0.25, -0.2) is 0 Å². The first-order chi connectivity index (χ1) is 4.20. The maximum atomic E-state index is 5.53. The number of hydrogen-bond acceptors (Lipinski definition) is 1. The van der Waals surface area contributed by atoms with Gasteiger partial charge in [0.15, 0.2) is 0 Å². The molecule has 0 rings (SSSR count). The zero-order valence-corrected chi connectivity index (χ0v) is 6.55. The molecule has 52 valence electrons. The Morgan fingerprint density at radius 2 is 1.89 bits per heavy atom. The second kappa shape index (κ2) is 4.86. The van der Waals surface area contributed by atoms with E-state index in [1.54, 1.807) is 0 Å². The maximum Gasteiger partial charge on any atom is 0.108 e. The molecule has 0 aromatic carbocycles. The lowest BCUT2D eigenvalue weighted by atomic mass is 9.97. The molecule has 0 bridgehead atoms. The molecule has 0 aliphatic carbocycles. The molecule has 2 radical (unpaired) electrons. The van der Waals surface area contributed by atoms with E-state index >= 15 is 0 Å². The predicted molar refractivity (Wildman–Crippen MR) is 40.7 cm³/mol. The van der Waals surface area contributed by atoms with Crippen LogP contribution in [0.5, 0.6) is 0 Å². The van der Waals surface area contributed by atoms with Gasteiger partial charge < -0.3 is 4.74 Å². The lowest BCUT2D eigenvalue weighted by molar-refractivity contribution is 0.0389. The molecule has 2 heteroatoms. The zero-order valence-electron chi connectivity index (χ0n) is 6.55. The Morgan fingerprint density at radius 1 is 1.33 bits per heavy atom. The van der Waals surface area contributed by atoms with Crippen molar-refractivity contribution in [3.05, 3.63) is 0 Å². The van der Waals surface area contributed by atoms with E-state index in [2.05, 4.69) is 6.92 Å². The van der Waals surface area contributed by atoms with E-state index in [0.717, 1.165) is 12.8 Å². The van der Waals surface area contributed by atoms with Crippen LogP contribution in [0.2, 0.25) is 0 Å². The molecule has 0 aliphatic heterocycles. The normalized spacial score (nSPS) is 17.2. The van der Waals surface area contributed by atoms with Crippen LogP contribution >= 0.6 is 0 Å². The Morgan fingerprint density at radius 3 is 2.22 bits per heavy atom. The summed E-state index contributed by atoms with van der Waals surface area (Å²) in [4.78, 5) is 0. The Bertz CT molecular complexity index is 57.9. The van der Waals surface area contributed by atoms with E-state index in [1.807, 2.05) is 13.8 Å². The van der Waals surface area contributed by atoms with Crippen LogP contribution in [0, 0.1) is 0 Å². The Kier molecular flexibility index (Phi) is 4.88. The molecule has 0 saturated carbocycles. The van der Waals surface area contributed by atoms with Crippen LogP contribution in [-0.4, -0.2) is 20.0 Å². The summed E-state index contributed by atoms with van der Waals surface area (Å²) in [5.41, 5.74) is 0. The third kappa shape index (κ3) is 4.52. The number of ether oxygens (including phenoxy) is 1. The van der Waals surface area contributed by atoms with Crippen LogP contribution in [0.3, 0.4) is 0 Å². The largest absolute Gasteiger partial charge is 0.385 e. The van der Waals surface area contributed by atoms with Crippen molar-refractivity contribution < 1.29 is 4.74 Å². The first-order valence-corrected chi connectivity index (χ1v) is 3.61. The molecule has 0 fully saturated rings. The summed E-state index contributed by atoms with van der Waals surface area (Å²) >= 11 is 0. The summed E-state index contributed by atoms with van der Waals surface area (Å²) in [5.74, 6) is 0. The standard InChI is InChI=1S/C7H15BO/c1-4-6(3)9-7(8)5-2/h6-7H,4-5H2,1-3H3. The van der Waals surface area contributed by atoms with Crippen molar-refractivity contribution in [1.29, 1.82) is 0 Å². The predicted octanol–water partition coefficient (Wildman–Crippen LogP) is 1.71. The van der Waals surface area contributed by atoms with Gasteiger partial charge >= 0.3 is 0 Å². The first kappa shape index (κ1) is 9.02. The van der Waals surface area contributed by atoms with Crippen LogP contribution in [0.4, 0.5) is 0 Å². The third-order valence-electron chi connectivity index (χ3n) is 1.38. The summed E-state index contributed by atoms with van der Waals surface area (Å²) in [5, 5.41) is 0. The van der Waals surface area contributed by atoms with Crippen molar-refractivity contribution in [2.45, 2.75) is 45.7 Å². The summed E-state index contributed by atoms with van der Waals surface area (Å²) in [6.45, 7) is 6.15. The summed E-state index contributed by atoms with van der Waals surface area (Å²) in [6, 6.07) is -0.0695. The van der Waals surface area contributed by atoms with Crippen molar-refractivity contribution in [2.24, 2.45) is 0 Å². The molecule has 0 spiro atoms. The molecule has 2 atom stereocenters. The highest BCUT2D eigenvalue weighted by molar-refractivity contribution is 6.10. The van der Waals surface area contributed by atoms with Crippen molar-refractivity contribution in [2.75, 3.05) is 0 Å². The van der Waals surface area contributed by atoms with E-state index in [9.17, 15) is 0 Å². The number of hydrogen-bond donors (Lipinski definition) is 0. The van der Waals surface area contributed by atoms with Crippen LogP contribution in [0.15, 0.2) is 0 Å². The summed E-state index contributed by atoms with van der Waals surface area (Å²) in [7, 11) is 5.53. The van der Waals surface area contributed by atoms with Gasteiger partial charge in [0.1, 0.15) is 7.85 Å². The van der Waals surface area contributed by atoms with Gasteiger partial charge in [0.2, 0.25) is 0 Å². The second-order valence-corrected chi connectivity index (χ2v) is 2.30. The minimum absolute atomic E-state index is 0.0695. The molecule has 0 amide bonds. The highest BCUT2D eigenvalue weighted by Gasteiger charge is 2.02. The van der Waals surface area contributed by atoms with Gasteiger partial charge in [-0.1, -0.05) is 13.8 Å². The van der Waals surface area contributed by atoms with Crippen LogP contribution in [0.1, 0.15) is 33.6 Å². The molecule has 2 unspecified atom stereocenters. The van der Waals surface area contributed by atoms with Crippen molar-refractivity contribution >= 4 is 7.85 Å². The van der Waals surface area contributed by atoms with Crippen LogP contribution in [0.25, 0.3) is 0 Å². The highest BCUT2D eigenvalue weighted by atomic mass is 16.5. The Balaban J connectivity index is 3.22. The summed E-state index contributed by atoms with van der Waals surface area (Å²) < 4.78 is 5.33. The minimum atomic E-state index is -0.0695. The van der Waals surface area contributed by atoms with E-state index in [-0.39, 0.29) is 6.00 Å². The van der Waals surface area contributed by atoms with Crippen molar-refractivity contribution in [1.82, 2.24) is 0 Å². The fourth-order valence-corrected chi connectivity index (χ4v) is 0.491. The SMILES string of the molecule is [B]C(CC)OC(C)CC. The van der Waals surface area contributed by atoms with Crippen LogP contribution < -0.4 is 0 Å². The van der Waals surface area contributed by atoms with Gasteiger partial charge in [0.05, 0.1) is 6.10 Å². The molecule has 0 saturated heterocycles. The monoisotopic (exact) mass is 126 g/mol. The van der Waals surface area contributed by atoms with Gasteiger partial charge in [-0.15, -0.1) is 0 Å². The second-order valence-electron chi connectivity index (χ2n) is 2.30. The molecule has 0 heterocycles. The molecule has 1 nitrogen and oxygen atoms in total. The smallest absolute Gasteiger partial charge is 0.108 e. The molecular formula is C7H15BO. The van der Waals surface area contributed by atoms with Gasteiger partial charge in [-0.05, 0) is 19.8 Å². The lowest BCUT2D eigenvalue weighted by Crippen LogP contribution is -2.18. The number of rotatable bonds is 4. The van der Waals surface area contributed by atoms with Crippen molar-refractivity contribution in [3.63, 3.8) is 0 Å². The highest BCUT2D eigenvalue weighted by Crippen LogP contribution is 2.01. The lowest BCUT2D eigenvalue weighted by Gasteiger charge is -2.16. The third-order valence-corrected chi connectivity index (χ3v) is 1.38. The quantitative estimate of drug-likeness (QED) is 0.521. The first-order valence-electron chi connectivity index (χ1n) is 3.61. The molecule has 0 aliphatic rings.